The monoisotopic (exact) mass is 342 g/mol. The number of rotatable bonds is 5. The first-order chi connectivity index (χ1) is 9.36. The number of nitrogens with one attached hydrogen (secondary N) is 1. The predicted molar refractivity (Wildman–Crippen MR) is 80.5 cm³/mol. The lowest BCUT2D eigenvalue weighted by Gasteiger charge is -2.18. The molecule has 0 spiro atoms. The number of ether oxygens (including phenoxy) is 1. The molecule has 20 heavy (non-hydrogen) atoms. The molecule has 1 aromatic carbocycles. The molecule has 1 N–H and O–H groups in total. The fourth-order valence-corrected chi connectivity index (χ4v) is 2.19. The summed E-state index contributed by atoms with van der Waals surface area (Å²) in [6.45, 7) is 2.35. The van der Waals surface area contributed by atoms with Crippen LogP contribution < -0.4 is 5.32 Å². The first-order valence-electron chi connectivity index (χ1n) is 6.18. The van der Waals surface area contributed by atoms with Crippen molar-refractivity contribution in [2.45, 2.75) is 19.5 Å². The Morgan fingerprint density at radius 2 is 2.05 bits per heavy atom. The van der Waals surface area contributed by atoms with Gasteiger partial charge in [0.05, 0.1) is 18.7 Å². The summed E-state index contributed by atoms with van der Waals surface area (Å²) < 4.78 is 5.46. The molecule has 0 aliphatic rings. The third-order valence-corrected chi connectivity index (χ3v) is 3.62. The van der Waals surface area contributed by atoms with Crippen LogP contribution in [0.25, 0.3) is 0 Å². The Balaban J connectivity index is 2.70. The molecule has 0 aliphatic carbocycles. The van der Waals surface area contributed by atoms with Crippen LogP contribution in [0.15, 0.2) is 22.7 Å². The van der Waals surface area contributed by atoms with Crippen LogP contribution in [0.3, 0.4) is 0 Å². The zero-order valence-corrected chi connectivity index (χ0v) is 13.7. The number of methoxy groups -OCH3 is 1. The van der Waals surface area contributed by atoms with Gasteiger partial charge in [-0.15, -0.1) is 0 Å². The van der Waals surface area contributed by atoms with Crippen molar-refractivity contribution in [1.82, 2.24) is 10.2 Å². The number of nitrogens with zero attached hydrogens (tertiary/aromatic N) is 1. The Morgan fingerprint density at radius 3 is 2.55 bits per heavy atom. The minimum atomic E-state index is -0.374. The van der Waals surface area contributed by atoms with E-state index in [-0.39, 0.29) is 17.9 Å². The van der Waals surface area contributed by atoms with E-state index < -0.39 is 0 Å². The molecule has 0 fully saturated rings. The highest BCUT2D eigenvalue weighted by atomic mass is 79.9. The Labute approximate surface area is 127 Å². The highest BCUT2D eigenvalue weighted by molar-refractivity contribution is 9.10. The van der Waals surface area contributed by atoms with Crippen LogP contribution >= 0.6 is 15.9 Å². The Morgan fingerprint density at radius 1 is 1.40 bits per heavy atom. The zero-order chi connectivity index (χ0) is 15.3. The van der Waals surface area contributed by atoms with Gasteiger partial charge < -0.3 is 15.0 Å². The Bertz CT molecular complexity index is 503. The van der Waals surface area contributed by atoms with Crippen molar-refractivity contribution in [3.63, 3.8) is 0 Å². The molecule has 0 bridgehead atoms. The summed E-state index contributed by atoms with van der Waals surface area (Å²) in [5.74, 6) is -0.353. The maximum atomic E-state index is 11.7. The van der Waals surface area contributed by atoms with Crippen molar-refractivity contribution in [2.24, 2.45) is 0 Å². The molecule has 1 amide bonds. The van der Waals surface area contributed by atoms with Gasteiger partial charge in [0.15, 0.2) is 0 Å². The van der Waals surface area contributed by atoms with Gasteiger partial charge in [0.1, 0.15) is 0 Å². The molecule has 1 rings (SSSR count). The average molecular weight is 343 g/mol. The maximum Gasteiger partial charge on any atom is 0.337 e. The summed E-state index contributed by atoms with van der Waals surface area (Å²) in [5, 5.41) is 3.15. The van der Waals surface area contributed by atoms with E-state index in [1.807, 2.05) is 13.0 Å². The lowest BCUT2D eigenvalue weighted by atomic mass is 10.1. The number of hydrogen-bond donors (Lipinski definition) is 1. The lowest BCUT2D eigenvalue weighted by molar-refractivity contribution is -0.130. The number of amides is 1. The topological polar surface area (TPSA) is 58.6 Å². The molecular formula is C14H19BrN2O3. The van der Waals surface area contributed by atoms with Crippen LogP contribution in [0.4, 0.5) is 0 Å². The summed E-state index contributed by atoms with van der Waals surface area (Å²) in [6, 6.07) is 4.97. The molecule has 110 valence electrons. The van der Waals surface area contributed by atoms with Gasteiger partial charge in [-0.05, 0) is 24.6 Å². The van der Waals surface area contributed by atoms with E-state index in [2.05, 4.69) is 26.0 Å². The first-order valence-corrected chi connectivity index (χ1v) is 6.97. The quantitative estimate of drug-likeness (QED) is 0.829. The molecule has 1 unspecified atom stereocenters. The highest BCUT2D eigenvalue weighted by Crippen LogP contribution is 2.19. The fraction of sp³-hybridized carbons (Fsp3) is 0.429. The van der Waals surface area contributed by atoms with Crippen molar-refractivity contribution < 1.29 is 14.3 Å². The van der Waals surface area contributed by atoms with Crippen molar-refractivity contribution >= 4 is 27.8 Å². The number of halogens is 1. The van der Waals surface area contributed by atoms with Crippen LogP contribution in [0.1, 0.15) is 22.8 Å². The minimum Gasteiger partial charge on any atom is -0.465 e. The molecule has 0 aliphatic heterocycles. The SMILES string of the molecule is COC(=O)c1ccc(CNC(C)C(=O)N(C)C)c(Br)c1. The van der Waals surface area contributed by atoms with E-state index in [4.69, 9.17) is 0 Å². The molecule has 5 nitrogen and oxygen atoms in total. The summed E-state index contributed by atoms with van der Waals surface area (Å²) in [6.07, 6.45) is 0. The van der Waals surface area contributed by atoms with Gasteiger partial charge in [-0.25, -0.2) is 4.79 Å². The van der Waals surface area contributed by atoms with Crippen LogP contribution in [-0.4, -0.2) is 44.0 Å². The van der Waals surface area contributed by atoms with Gasteiger partial charge in [-0.3, -0.25) is 4.79 Å². The second-order valence-corrected chi connectivity index (χ2v) is 5.49. The Kier molecular flexibility index (Phi) is 6.16. The van der Waals surface area contributed by atoms with E-state index in [1.165, 1.54) is 7.11 Å². The number of hydrogen-bond acceptors (Lipinski definition) is 4. The van der Waals surface area contributed by atoms with Crippen molar-refractivity contribution in [1.29, 1.82) is 0 Å². The van der Waals surface area contributed by atoms with E-state index in [9.17, 15) is 9.59 Å². The smallest absolute Gasteiger partial charge is 0.337 e. The second-order valence-electron chi connectivity index (χ2n) is 4.63. The molecule has 0 saturated heterocycles. The molecule has 0 heterocycles. The molecule has 6 heteroatoms. The highest BCUT2D eigenvalue weighted by Gasteiger charge is 2.15. The van der Waals surface area contributed by atoms with Gasteiger partial charge in [0, 0.05) is 25.1 Å². The molecule has 1 atom stereocenters. The summed E-state index contributed by atoms with van der Waals surface area (Å²) >= 11 is 3.42. The van der Waals surface area contributed by atoms with Crippen molar-refractivity contribution in [3.05, 3.63) is 33.8 Å². The van der Waals surface area contributed by atoms with Gasteiger partial charge in [0.2, 0.25) is 5.91 Å². The van der Waals surface area contributed by atoms with Crippen LogP contribution in [0.5, 0.6) is 0 Å². The average Bonchev–Trinajstić information content (AvgIpc) is 2.43. The van der Waals surface area contributed by atoms with Crippen LogP contribution in [0, 0.1) is 0 Å². The van der Waals surface area contributed by atoms with Gasteiger partial charge in [-0.1, -0.05) is 22.0 Å². The van der Waals surface area contributed by atoms with Crippen molar-refractivity contribution in [3.8, 4) is 0 Å². The predicted octanol–water partition coefficient (Wildman–Crippen LogP) is 1.80. The standard InChI is InChI=1S/C14H19BrN2O3/c1-9(13(18)17(2)3)16-8-11-6-5-10(7-12(11)15)14(19)20-4/h5-7,9,16H,8H2,1-4H3. The number of esters is 1. The van der Waals surface area contributed by atoms with Crippen molar-refractivity contribution in [2.75, 3.05) is 21.2 Å². The summed E-state index contributed by atoms with van der Waals surface area (Å²) in [7, 11) is 4.80. The van der Waals surface area contributed by atoms with E-state index in [1.54, 1.807) is 31.1 Å². The largest absolute Gasteiger partial charge is 0.465 e. The number of carbonyl (C=O) groups excluding carboxylic acids is 2. The van der Waals surface area contributed by atoms with Gasteiger partial charge in [0.25, 0.3) is 0 Å². The third kappa shape index (κ3) is 4.31. The lowest BCUT2D eigenvalue weighted by Crippen LogP contribution is -2.41. The van der Waals surface area contributed by atoms with Crippen LogP contribution in [-0.2, 0) is 16.1 Å². The third-order valence-electron chi connectivity index (χ3n) is 2.88. The maximum absolute atomic E-state index is 11.7. The van der Waals surface area contributed by atoms with Crippen LogP contribution in [0.2, 0.25) is 0 Å². The summed E-state index contributed by atoms with van der Waals surface area (Å²) in [4.78, 5) is 24.7. The van der Waals surface area contributed by atoms with E-state index in [0.29, 0.717) is 12.1 Å². The molecular weight excluding hydrogens is 324 g/mol. The van der Waals surface area contributed by atoms with Gasteiger partial charge >= 0.3 is 5.97 Å². The second kappa shape index (κ2) is 7.40. The number of benzene rings is 1. The normalized spacial score (nSPS) is 11.8. The minimum absolute atomic E-state index is 0.0207. The van der Waals surface area contributed by atoms with E-state index >= 15 is 0 Å². The Hall–Kier alpha value is -1.40. The molecule has 0 aromatic heterocycles. The van der Waals surface area contributed by atoms with Gasteiger partial charge in [-0.2, -0.15) is 0 Å². The molecule has 0 saturated carbocycles. The molecule has 1 aromatic rings. The summed E-state index contributed by atoms with van der Waals surface area (Å²) in [5.41, 5.74) is 1.46. The first kappa shape index (κ1) is 16.7. The fourth-order valence-electron chi connectivity index (χ4n) is 1.67. The molecule has 0 radical (unpaired) electrons. The number of likely N-dealkylation sites (N-methyl/N-ethyl adjacent to an activating group) is 1. The number of carbonyl (C=O) groups is 2. The zero-order valence-electron chi connectivity index (χ0n) is 12.1. The van der Waals surface area contributed by atoms with E-state index in [0.717, 1.165) is 10.0 Å².